The molecule has 0 radical (unpaired) electrons. The van der Waals surface area contributed by atoms with Crippen molar-refractivity contribution in [3.8, 4) is 0 Å². The van der Waals surface area contributed by atoms with Gasteiger partial charge in [-0.1, -0.05) is 33.8 Å². The standard InChI is InChI=1S/C12H22O3/c1-8(2)10(12(4,5)7-13)6-9(3)11(14)15/h6,8,10,13H,7H2,1-5H3,(H,14,15)/b9-6+. The highest BCUT2D eigenvalue weighted by atomic mass is 16.4. The van der Waals surface area contributed by atoms with Gasteiger partial charge >= 0.3 is 5.97 Å². The SMILES string of the molecule is C/C(=C\C(C(C)C)C(C)(C)CO)C(=O)O. The summed E-state index contributed by atoms with van der Waals surface area (Å²) in [5.74, 6) is -0.519. The molecule has 1 unspecified atom stereocenters. The second-order valence-corrected chi connectivity index (χ2v) is 5.07. The second-order valence-electron chi connectivity index (χ2n) is 5.07. The summed E-state index contributed by atoms with van der Waals surface area (Å²) >= 11 is 0. The van der Waals surface area contributed by atoms with Crippen molar-refractivity contribution in [3.63, 3.8) is 0 Å². The maximum atomic E-state index is 10.7. The minimum atomic E-state index is -0.894. The van der Waals surface area contributed by atoms with E-state index in [2.05, 4.69) is 0 Å². The first-order valence-electron chi connectivity index (χ1n) is 5.25. The van der Waals surface area contributed by atoms with E-state index in [0.717, 1.165) is 0 Å². The van der Waals surface area contributed by atoms with E-state index in [9.17, 15) is 9.90 Å². The number of carboxylic acid groups (broad SMARTS) is 1. The fourth-order valence-corrected chi connectivity index (χ4v) is 1.77. The van der Waals surface area contributed by atoms with Gasteiger partial charge in [0.05, 0.1) is 0 Å². The molecule has 0 heterocycles. The third-order valence-electron chi connectivity index (χ3n) is 2.80. The van der Waals surface area contributed by atoms with Crippen LogP contribution >= 0.6 is 0 Å². The largest absolute Gasteiger partial charge is 0.478 e. The quantitative estimate of drug-likeness (QED) is 0.690. The summed E-state index contributed by atoms with van der Waals surface area (Å²) in [4.78, 5) is 10.7. The smallest absolute Gasteiger partial charge is 0.330 e. The van der Waals surface area contributed by atoms with E-state index in [-0.39, 0.29) is 17.9 Å². The van der Waals surface area contributed by atoms with Crippen LogP contribution in [0.4, 0.5) is 0 Å². The monoisotopic (exact) mass is 214 g/mol. The lowest BCUT2D eigenvalue weighted by atomic mass is 9.72. The number of aliphatic carboxylic acids is 1. The molecule has 15 heavy (non-hydrogen) atoms. The van der Waals surface area contributed by atoms with Crippen LogP contribution in [0.2, 0.25) is 0 Å². The zero-order valence-electron chi connectivity index (χ0n) is 10.2. The van der Waals surface area contributed by atoms with E-state index in [4.69, 9.17) is 5.11 Å². The second kappa shape index (κ2) is 5.31. The Balaban J connectivity index is 5.01. The van der Waals surface area contributed by atoms with Crippen molar-refractivity contribution in [1.82, 2.24) is 0 Å². The van der Waals surface area contributed by atoms with Gasteiger partial charge < -0.3 is 10.2 Å². The molecule has 0 aliphatic carbocycles. The zero-order valence-corrected chi connectivity index (χ0v) is 10.2. The van der Waals surface area contributed by atoms with Crippen LogP contribution in [0.3, 0.4) is 0 Å². The van der Waals surface area contributed by atoms with Gasteiger partial charge in [-0.25, -0.2) is 4.79 Å². The summed E-state index contributed by atoms with van der Waals surface area (Å²) in [6, 6.07) is 0. The van der Waals surface area contributed by atoms with Crippen molar-refractivity contribution in [2.45, 2.75) is 34.6 Å². The van der Waals surface area contributed by atoms with E-state index in [1.807, 2.05) is 27.7 Å². The van der Waals surface area contributed by atoms with Crippen LogP contribution in [0.25, 0.3) is 0 Å². The van der Waals surface area contributed by atoms with E-state index >= 15 is 0 Å². The lowest BCUT2D eigenvalue weighted by molar-refractivity contribution is -0.132. The van der Waals surface area contributed by atoms with Gasteiger partial charge in [0.1, 0.15) is 0 Å². The number of carboxylic acids is 1. The van der Waals surface area contributed by atoms with E-state index in [0.29, 0.717) is 11.5 Å². The van der Waals surface area contributed by atoms with Crippen molar-refractivity contribution >= 4 is 5.97 Å². The maximum Gasteiger partial charge on any atom is 0.330 e. The maximum absolute atomic E-state index is 10.7. The molecule has 3 nitrogen and oxygen atoms in total. The molecule has 0 aromatic heterocycles. The predicted octanol–water partition coefficient (Wildman–Crippen LogP) is 2.31. The number of hydrogen-bond acceptors (Lipinski definition) is 2. The Labute approximate surface area is 91.8 Å². The normalized spacial score (nSPS) is 15.5. The number of carbonyl (C=O) groups is 1. The third-order valence-corrected chi connectivity index (χ3v) is 2.80. The van der Waals surface area contributed by atoms with Crippen LogP contribution in [-0.2, 0) is 4.79 Å². The molecule has 0 fully saturated rings. The number of rotatable bonds is 5. The first kappa shape index (κ1) is 14.2. The van der Waals surface area contributed by atoms with Gasteiger partial charge in [-0.2, -0.15) is 0 Å². The minimum absolute atomic E-state index is 0.0548. The molecule has 88 valence electrons. The highest BCUT2D eigenvalue weighted by Crippen LogP contribution is 2.34. The minimum Gasteiger partial charge on any atom is -0.478 e. The Hall–Kier alpha value is -0.830. The molecule has 0 amide bonds. The van der Waals surface area contributed by atoms with Crippen LogP contribution in [0, 0.1) is 17.3 Å². The molecule has 0 bridgehead atoms. The molecule has 0 aromatic rings. The van der Waals surface area contributed by atoms with Gasteiger partial charge in [-0.3, -0.25) is 0 Å². The van der Waals surface area contributed by atoms with E-state index in [1.165, 1.54) is 0 Å². The van der Waals surface area contributed by atoms with Gasteiger partial charge in [0.15, 0.2) is 0 Å². The predicted molar refractivity (Wildman–Crippen MR) is 60.6 cm³/mol. The molecular weight excluding hydrogens is 192 g/mol. The van der Waals surface area contributed by atoms with Gasteiger partial charge in [0.25, 0.3) is 0 Å². The van der Waals surface area contributed by atoms with Crippen molar-refractivity contribution in [2.24, 2.45) is 17.3 Å². The average molecular weight is 214 g/mol. The number of aliphatic hydroxyl groups excluding tert-OH is 1. The molecule has 1 atom stereocenters. The van der Waals surface area contributed by atoms with Crippen LogP contribution in [-0.4, -0.2) is 22.8 Å². The van der Waals surface area contributed by atoms with E-state index in [1.54, 1.807) is 13.0 Å². The van der Waals surface area contributed by atoms with Crippen LogP contribution in [0.15, 0.2) is 11.6 Å². The molecular formula is C12H22O3. The Kier molecular flexibility index (Phi) is 5.01. The Morgan fingerprint density at radius 2 is 1.87 bits per heavy atom. The topological polar surface area (TPSA) is 57.5 Å². The average Bonchev–Trinajstić information content (AvgIpc) is 2.12. The van der Waals surface area contributed by atoms with Gasteiger partial charge in [-0.15, -0.1) is 0 Å². The summed E-state index contributed by atoms with van der Waals surface area (Å²) in [7, 11) is 0. The Morgan fingerprint density at radius 3 is 2.13 bits per heavy atom. The molecule has 0 aliphatic rings. The lowest BCUT2D eigenvalue weighted by Crippen LogP contribution is -2.30. The molecule has 0 aromatic carbocycles. The number of aliphatic hydroxyl groups is 1. The molecule has 0 aliphatic heterocycles. The van der Waals surface area contributed by atoms with Gasteiger partial charge in [-0.05, 0) is 24.2 Å². The van der Waals surface area contributed by atoms with Crippen molar-refractivity contribution < 1.29 is 15.0 Å². The molecule has 0 saturated carbocycles. The first-order chi connectivity index (χ1) is 6.72. The van der Waals surface area contributed by atoms with Gasteiger partial charge in [0, 0.05) is 12.2 Å². The summed E-state index contributed by atoms with van der Waals surface area (Å²) in [5, 5.41) is 18.1. The zero-order chi connectivity index (χ0) is 12.2. The first-order valence-corrected chi connectivity index (χ1v) is 5.25. The molecule has 0 saturated heterocycles. The molecule has 2 N–H and O–H groups in total. The highest BCUT2D eigenvalue weighted by Gasteiger charge is 2.30. The molecule has 3 heteroatoms. The van der Waals surface area contributed by atoms with Crippen molar-refractivity contribution in [3.05, 3.63) is 11.6 Å². The lowest BCUT2D eigenvalue weighted by Gasteiger charge is -2.33. The summed E-state index contributed by atoms with van der Waals surface area (Å²) in [6.45, 7) is 9.61. The highest BCUT2D eigenvalue weighted by molar-refractivity contribution is 5.85. The molecule has 0 spiro atoms. The van der Waals surface area contributed by atoms with Crippen LogP contribution in [0.1, 0.15) is 34.6 Å². The Bertz CT molecular complexity index is 252. The van der Waals surface area contributed by atoms with Crippen molar-refractivity contribution in [2.75, 3.05) is 6.61 Å². The van der Waals surface area contributed by atoms with Crippen LogP contribution < -0.4 is 0 Å². The number of allylic oxidation sites excluding steroid dienone is 1. The third kappa shape index (κ3) is 4.04. The van der Waals surface area contributed by atoms with Gasteiger partial charge in [0.2, 0.25) is 0 Å². The van der Waals surface area contributed by atoms with E-state index < -0.39 is 5.97 Å². The fourth-order valence-electron chi connectivity index (χ4n) is 1.77. The Morgan fingerprint density at radius 1 is 1.40 bits per heavy atom. The van der Waals surface area contributed by atoms with Crippen LogP contribution in [0.5, 0.6) is 0 Å². The molecule has 0 rings (SSSR count). The summed E-state index contributed by atoms with van der Waals surface area (Å²) < 4.78 is 0. The summed E-state index contributed by atoms with van der Waals surface area (Å²) in [5.41, 5.74) is 0.0560. The summed E-state index contributed by atoms with van der Waals surface area (Å²) in [6.07, 6.45) is 1.75. The fraction of sp³-hybridized carbons (Fsp3) is 0.750. The van der Waals surface area contributed by atoms with Crippen molar-refractivity contribution in [1.29, 1.82) is 0 Å². The number of hydrogen-bond donors (Lipinski definition) is 2.